The van der Waals surface area contributed by atoms with Gasteiger partial charge in [-0.25, -0.2) is 12.8 Å². The molecular formula is C13H19FN2O2S2. The molecule has 1 N–H and O–H groups in total. The van der Waals surface area contributed by atoms with Gasteiger partial charge < -0.3 is 5.32 Å². The van der Waals surface area contributed by atoms with Gasteiger partial charge in [-0.2, -0.15) is 11.8 Å². The van der Waals surface area contributed by atoms with Gasteiger partial charge >= 0.3 is 0 Å². The molecule has 1 heterocycles. The van der Waals surface area contributed by atoms with Gasteiger partial charge in [0.2, 0.25) is 0 Å². The lowest BCUT2D eigenvalue weighted by atomic mass is 10.3. The monoisotopic (exact) mass is 318 g/mol. The lowest BCUT2D eigenvalue weighted by Gasteiger charge is -2.34. The normalized spacial score (nSPS) is 20.8. The van der Waals surface area contributed by atoms with Crippen LogP contribution in [0.2, 0.25) is 0 Å². The second kappa shape index (κ2) is 6.78. The summed E-state index contributed by atoms with van der Waals surface area (Å²) < 4.78 is 36.5. The van der Waals surface area contributed by atoms with Crippen molar-refractivity contribution in [2.75, 3.05) is 42.7 Å². The third-order valence-corrected chi connectivity index (χ3v) is 5.92. The van der Waals surface area contributed by atoms with Crippen LogP contribution in [0, 0.1) is 5.82 Å². The van der Waals surface area contributed by atoms with Crippen molar-refractivity contribution in [3.8, 4) is 0 Å². The Morgan fingerprint density at radius 1 is 1.50 bits per heavy atom. The molecule has 0 saturated carbocycles. The summed E-state index contributed by atoms with van der Waals surface area (Å²) in [5, 5.41) is 2.71. The van der Waals surface area contributed by atoms with Crippen LogP contribution in [0.5, 0.6) is 0 Å². The van der Waals surface area contributed by atoms with Gasteiger partial charge in [0.05, 0.1) is 0 Å². The lowest BCUT2D eigenvalue weighted by Crippen LogP contribution is -2.48. The Morgan fingerprint density at radius 2 is 2.30 bits per heavy atom. The maximum absolute atomic E-state index is 13.0. The first-order valence-corrected chi connectivity index (χ1v) is 9.58. The predicted octanol–water partition coefficient (Wildman–Crippen LogP) is 1.66. The van der Waals surface area contributed by atoms with Crippen LogP contribution in [0.15, 0.2) is 24.3 Å². The molecule has 0 radical (unpaired) electrons. The quantitative estimate of drug-likeness (QED) is 0.895. The molecule has 4 nitrogen and oxygen atoms in total. The minimum atomic E-state index is -3.06. The Morgan fingerprint density at radius 3 is 3.00 bits per heavy atom. The van der Waals surface area contributed by atoms with Gasteiger partial charge in [0.25, 0.3) is 0 Å². The standard InChI is InChI=1S/C13H19FN2O2S2/c1-20(17,18)13-10-19-8-7-16(13)6-5-15-12-4-2-3-11(14)9-12/h2-4,9,13,15H,5-8,10H2,1H3. The number of rotatable bonds is 5. The van der Waals surface area contributed by atoms with Crippen LogP contribution in [-0.2, 0) is 9.84 Å². The van der Waals surface area contributed by atoms with Gasteiger partial charge in [0.15, 0.2) is 9.84 Å². The highest BCUT2D eigenvalue weighted by atomic mass is 32.2. The van der Waals surface area contributed by atoms with E-state index in [-0.39, 0.29) is 5.82 Å². The van der Waals surface area contributed by atoms with E-state index in [0.29, 0.717) is 24.5 Å². The van der Waals surface area contributed by atoms with E-state index in [9.17, 15) is 12.8 Å². The Hall–Kier alpha value is -0.790. The van der Waals surface area contributed by atoms with Gasteiger partial charge in [-0.1, -0.05) is 6.07 Å². The molecule has 1 unspecified atom stereocenters. The first-order valence-electron chi connectivity index (χ1n) is 6.47. The average molecular weight is 318 g/mol. The first-order chi connectivity index (χ1) is 9.47. The molecule has 0 aromatic heterocycles. The van der Waals surface area contributed by atoms with Crippen molar-refractivity contribution in [2.24, 2.45) is 0 Å². The molecule has 7 heteroatoms. The molecule has 0 bridgehead atoms. The number of thioether (sulfide) groups is 1. The smallest absolute Gasteiger partial charge is 0.164 e. The average Bonchev–Trinajstić information content (AvgIpc) is 2.38. The molecule has 0 spiro atoms. The molecule has 1 aliphatic rings. The van der Waals surface area contributed by atoms with Crippen molar-refractivity contribution in [3.63, 3.8) is 0 Å². The molecule has 0 aliphatic carbocycles. The van der Waals surface area contributed by atoms with Gasteiger partial charge in [0.1, 0.15) is 11.2 Å². The van der Waals surface area contributed by atoms with Crippen molar-refractivity contribution in [2.45, 2.75) is 5.37 Å². The van der Waals surface area contributed by atoms with Crippen molar-refractivity contribution in [1.82, 2.24) is 4.90 Å². The number of hydrogen-bond donors (Lipinski definition) is 1. The number of sulfone groups is 1. The zero-order valence-corrected chi connectivity index (χ0v) is 13.0. The van der Waals surface area contributed by atoms with Crippen molar-refractivity contribution in [3.05, 3.63) is 30.1 Å². The summed E-state index contributed by atoms with van der Waals surface area (Å²) in [6.07, 6.45) is 1.29. The Labute approximate surface area is 123 Å². The summed E-state index contributed by atoms with van der Waals surface area (Å²) in [5.74, 6) is 1.29. The molecule has 1 aliphatic heterocycles. The Kier molecular flexibility index (Phi) is 5.29. The summed E-state index contributed by atoms with van der Waals surface area (Å²) in [6.45, 7) is 2.00. The molecule has 0 amide bonds. The maximum atomic E-state index is 13.0. The number of anilines is 1. The van der Waals surface area contributed by atoms with E-state index in [1.54, 1.807) is 23.9 Å². The molecule has 1 fully saturated rings. The van der Waals surface area contributed by atoms with Crippen LogP contribution in [0.4, 0.5) is 10.1 Å². The summed E-state index contributed by atoms with van der Waals surface area (Å²) in [4.78, 5) is 1.98. The van der Waals surface area contributed by atoms with Crippen molar-refractivity contribution >= 4 is 27.3 Å². The summed E-state index contributed by atoms with van der Waals surface area (Å²) >= 11 is 1.67. The summed E-state index contributed by atoms with van der Waals surface area (Å²) in [5.41, 5.74) is 0.715. The zero-order chi connectivity index (χ0) is 14.6. The van der Waals surface area contributed by atoms with Crippen molar-refractivity contribution in [1.29, 1.82) is 0 Å². The van der Waals surface area contributed by atoms with E-state index in [4.69, 9.17) is 0 Å². The summed E-state index contributed by atoms with van der Waals surface area (Å²) in [6, 6.07) is 6.27. The number of halogens is 1. The van der Waals surface area contributed by atoms with E-state index < -0.39 is 15.2 Å². The molecular weight excluding hydrogens is 299 g/mol. The fourth-order valence-corrected chi connectivity index (χ4v) is 5.18. The number of nitrogens with zero attached hydrogens (tertiary/aromatic N) is 1. The fraction of sp³-hybridized carbons (Fsp3) is 0.538. The van der Waals surface area contributed by atoms with Gasteiger partial charge in [-0.05, 0) is 18.2 Å². The van der Waals surface area contributed by atoms with Gasteiger partial charge in [-0.3, -0.25) is 4.90 Å². The topological polar surface area (TPSA) is 49.4 Å². The van der Waals surface area contributed by atoms with E-state index in [2.05, 4.69) is 5.32 Å². The molecule has 2 rings (SSSR count). The highest BCUT2D eigenvalue weighted by molar-refractivity contribution is 8.00. The van der Waals surface area contributed by atoms with Crippen LogP contribution in [0.1, 0.15) is 0 Å². The number of hydrogen-bond acceptors (Lipinski definition) is 5. The molecule has 1 saturated heterocycles. The summed E-state index contributed by atoms with van der Waals surface area (Å²) in [7, 11) is -3.06. The van der Waals surface area contributed by atoms with E-state index >= 15 is 0 Å². The minimum Gasteiger partial charge on any atom is -0.384 e. The Balaban J connectivity index is 1.89. The van der Waals surface area contributed by atoms with E-state index in [1.807, 2.05) is 4.90 Å². The largest absolute Gasteiger partial charge is 0.384 e. The van der Waals surface area contributed by atoms with Crippen LogP contribution < -0.4 is 5.32 Å². The third kappa shape index (κ3) is 4.36. The number of benzene rings is 1. The minimum absolute atomic E-state index is 0.279. The lowest BCUT2D eigenvalue weighted by molar-refractivity contribution is 0.281. The van der Waals surface area contributed by atoms with Crippen molar-refractivity contribution < 1.29 is 12.8 Å². The van der Waals surface area contributed by atoms with Crippen LogP contribution in [0.3, 0.4) is 0 Å². The second-order valence-electron chi connectivity index (χ2n) is 4.83. The molecule has 20 heavy (non-hydrogen) atoms. The van der Waals surface area contributed by atoms with Crippen LogP contribution in [0.25, 0.3) is 0 Å². The van der Waals surface area contributed by atoms with Gasteiger partial charge in [-0.15, -0.1) is 0 Å². The fourth-order valence-electron chi connectivity index (χ4n) is 2.21. The molecule has 1 aromatic carbocycles. The maximum Gasteiger partial charge on any atom is 0.164 e. The zero-order valence-electron chi connectivity index (χ0n) is 11.4. The first kappa shape index (κ1) is 15.6. The van der Waals surface area contributed by atoms with Gasteiger partial charge in [0, 0.05) is 43.1 Å². The number of nitrogens with one attached hydrogen (secondary N) is 1. The predicted molar refractivity (Wildman–Crippen MR) is 82.4 cm³/mol. The molecule has 1 aromatic rings. The highest BCUT2D eigenvalue weighted by Crippen LogP contribution is 2.20. The van der Waals surface area contributed by atoms with Crippen LogP contribution in [-0.4, -0.2) is 56.1 Å². The SMILES string of the molecule is CS(=O)(=O)C1CSCCN1CCNc1cccc(F)c1. The third-order valence-electron chi connectivity index (χ3n) is 3.24. The molecule has 112 valence electrons. The highest BCUT2D eigenvalue weighted by Gasteiger charge is 2.30. The van der Waals surface area contributed by atoms with Crippen LogP contribution >= 0.6 is 11.8 Å². The molecule has 1 atom stereocenters. The van der Waals surface area contributed by atoms with E-state index in [1.165, 1.54) is 18.4 Å². The second-order valence-corrected chi connectivity index (χ2v) is 8.19. The Bertz CT molecular complexity index is 551. The van der Waals surface area contributed by atoms with E-state index in [0.717, 1.165) is 12.3 Å².